The number of ketones is 1. The molecule has 3 aliphatic rings. The molecular formula is C22H30BNO5. The number of Topliss-reactive ketones (excluding diaryl/α,β-unsaturated/α-hetero) is 1. The van der Waals surface area contributed by atoms with Crippen LogP contribution in [0.5, 0.6) is 5.75 Å². The van der Waals surface area contributed by atoms with E-state index < -0.39 is 13.1 Å². The topological polar surface area (TPSA) is 84.9 Å². The minimum atomic E-state index is -1.09. The molecule has 2 N–H and O–H groups in total. The van der Waals surface area contributed by atoms with Crippen molar-refractivity contribution in [1.82, 2.24) is 5.32 Å². The smallest absolute Gasteiger partial charge is 0.526 e. The average molecular weight is 399 g/mol. The van der Waals surface area contributed by atoms with Crippen molar-refractivity contribution < 1.29 is 24.0 Å². The molecule has 0 amide bonds. The van der Waals surface area contributed by atoms with Gasteiger partial charge in [-0.3, -0.25) is 4.79 Å². The summed E-state index contributed by atoms with van der Waals surface area (Å²) in [6.07, 6.45) is 4.92. The summed E-state index contributed by atoms with van der Waals surface area (Å²) in [5.74, 6) is 1.83. The number of hydrogen-bond donors (Lipinski definition) is 2. The van der Waals surface area contributed by atoms with E-state index in [0.717, 1.165) is 43.3 Å². The van der Waals surface area contributed by atoms with Gasteiger partial charge in [-0.05, 0) is 75.1 Å². The van der Waals surface area contributed by atoms with Crippen LogP contribution in [0.15, 0.2) is 18.2 Å². The van der Waals surface area contributed by atoms with Crippen LogP contribution in [0.3, 0.4) is 0 Å². The molecule has 0 spiro atoms. The molecule has 0 radical (unpaired) electrons. The zero-order valence-electron chi connectivity index (χ0n) is 17.1. The SMILES string of the molecule is CCOC(=O)c1cccc2c1OB(O)[C@@H](CC(=O)CC1CCC3CNCC3C1)C2. The molecule has 1 aliphatic carbocycles. The third-order valence-corrected chi connectivity index (χ3v) is 6.78. The van der Waals surface area contributed by atoms with Gasteiger partial charge in [-0.1, -0.05) is 12.1 Å². The van der Waals surface area contributed by atoms with Crippen molar-refractivity contribution in [3.8, 4) is 5.75 Å². The number of carbonyl (C=O) groups excluding carboxylic acids is 2. The second-order valence-corrected chi connectivity index (χ2v) is 8.79. The standard InChI is InChI=1S/C22H30BNO5/c1-2-28-22(26)20-5-3-4-15-10-18(23(27)29-21(15)20)11-19(25)9-14-6-7-16-12-24-13-17(16)8-14/h3-5,14,16-18,24,27H,2,6-13H2,1H3/t14?,16?,17?,18-/m1/s1. The fraction of sp³-hybridized carbons (Fsp3) is 0.636. The van der Waals surface area contributed by atoms with Gasteiger partial charge < -0.3 is 19.7 Å². The Kier molecular flexibility index (Phi) is 6.25. The number of para-hydroxylation sites is 1. The number of fused-ring (bicyclic) bond motifs is 2. The number of hydrogen-bond acceptors (Lipinski definition) is 6. The summed E-state index contributed by atoms with van der Waals surface area (Å²) >= 11 is 0. The van der Waals surface area contributed by atoms with E-state index in [9.17, 15) is 14.6 Å². The first-order chi connectivity index (χ1) is 14.0. The van der Waals surface area contributed by atoms with Crippen LogP contribution in [0.1, 0.15) is 54.9 Å². The number of carbonyl (C=O) groups is 2. The Balaban J connectivity index is 1.36. The Morgan fingerprint density at radius 2 is 2.07 bits per heavy atom. The number of ether oxygens (including phenoxy) is 1. The Morgan fingerprint density at radius 3 is 2.90 bits per heavy atom. The zero-order chi connectivity index (χ0) is 20.4. The summed E-state index contributed by atoms with van der Waals surface area (Å²) in [7, 11) is -1.09. The third-order valence-electron chi connectivity index (χ3n) is 6.78. The minimum Gasteiger partial charge on any atom is -0.535 e. The molecule has 2 fully saturated rings. The van der Waals surface area contributed by atoms with Crippen molar-refractivity contribution in [2.24, 2.45) is 17.8 Å². The molecule has 29 heavy (non-hydrogen) atoms. The van der Waals surface area contributed by atoms with Crippen molar-refractivity contribution in [3.63, 3.8) is 0 Å². The van der Waals surface area contributed by atoms with Crippen LogP contribution >= 0.6 is 0 Å². The van der Waals surface area contributed by atoms with Gasteiger partial charge in [0.15, 0.2) is 0 Å². The van der Waals surface area contributed by atoms with Gasteiger partial charge in [0.25, 0.3) is 0 Å². The lowest BCUT2D eigenvalue weighted by Gasteiger charge is -2.31. The van der Waals surface area contributed by atoms with Crippen LogP contribution in [-0.2, 0) is 16.0 Å². The molecule has 156 valence electrons. The van der Waals surface area contributed by atoms with Crippen LogP contribution in [0.2, 0.25) is 5.82 Å². The summed E-state index contributed by atoms with van der Waals surface area (Å²) in [6.45, 7) is 4.25. The van der Waals surface area contributed by atoms with Crippen molar-refractivity contribution in [1.29, 1.82) is 0 Å². The van der Waals surface area contributed by atoms with Gasteiger partial charge in [-0.15, -0.1) is 0 Å². The molecule has 2 aliphatic heterocycles. The van der Waals surface area contributed by atoms with Crippen LogP contribution in [0.4, 0.5) is 0 Å². The van der Waals surface area contributed by atoms with Gasteiger partial charge in [-0.25, -0.2) is 4.79 Å². The maximum absolute atomic E-state index is 12.7. The number of nitrogens with one attached hydrogen (secondary N) is 1. The first-order valence-corrected chi connectivity index (χ1v) is 10.9. The van der Waals surface area contributed by atoms with Crippen LogP contribution in [-0.4, -0.2) is 43.6 Å². The zero-order valence-corrected chi connectivity index (χ0v) is 17.1. The van der Waals surface area contributed by atoms with Gasteiger partial charge in [0.05, 0.1) is 6.61 Å². The lowest BCUT2D eigenvalue weighted by Crippen LogP contribution is -2.36. The molecule has 7 heteroatoms. The summed E-state index contributed by atoms with van der Waals surface area (Å²) in [5.41, 5.74) is 1.17. The number of rotatable bonds is 6. The largest absolute Gasteiger partial charge is 0.535 e. The Labute approximate surface area is 172 Å². The Hall–Kier alpha value is -1.86. The maximum atomic E-state index is 12.7. The van der Waals surface area contributed by atoms with E-state index in [2.05, 4.69) is 5.32 Å². The highest BCUT2D eigenvalue weighted by Gasteiger charge is 2.39. The number of esters is 1. The first kappa shape index (κ1) is 20.4. The average Bonchev–Trinajstić information content (AvgIpc) is 3.16. The van der Waals surface area contributed by atoms with Gasteiger partial charge in [0.1, 0.15) is 17.1 Å². The summed E-state index contributed by atoms with van der Waals surface area (Å²) in [4.78, 5) is 24.9. The molecule has 3 unspecified atom stereocenters. The molecule has 2 heterocycles. The summed E-state index contributed by atoms with van der Waals surface area (Å²) < 4.78 is 10.8. The first-order valence-electron chi connectivity index (χ1n) is 10.9. The van der Waals surface area contributed by atoms with Crippen LogP contribution < -0.4 is 9.97 Å². The second-order valence-electron chi connectivity index (χ2n) is 8.79. The second kappa shape index (κ2) is 8.88. The predicted octanol–water partition coefficient (Wildman–Crippen LogP) is 2.63. The maximum Gasteiger partial charge on any atom is 0.526 e. The molecule has 1 aromatic rings. The highest BCUT2D eigenvalue weighted by molar-refractivity contribution is 6.47. The Morgan fingerprint density at radius 1 is 1.24 bits per heavy atom. The lowest BCUT2D eigenvalue weighted by atomic mass is 9.64. The van der Waals surface area contributed by atoms with E-state index in [1.54, 1.807) is 19.1 Å². The van der Waals surface area contributed by atoms with Gasteiger partial charge in [-0.2, -0.15) is 0 Å². The van der Waals surface area contributed by atoms with E-state index in [-0.39, 0.29) is 18.2 Å². The van der Waals surface area contributed by atoms with Crippen LogP contribution in [0.25, 0.3) is 0 Å². The number of benzene rings is 1. The lowest BCUT2D eigenvalue weighted by molar-refractivity contribution is -0.120. The normalized spacial score (nSPS) is 28.3. The molecule has 0 aromatic heterocycles. The molecule has 4 rings (SSSR count). The molecule has 6 nitrogen and oxygen atoms in total. The highest BCUT2D eigenvalue weighted by atomic mass is 16.5. The molecular weight excluding hydrogens is 369 g/mol. The van der Waals surface area contributed by atoms with E-state index in [1.807, 2.05) is 6.07 Å². The highest BCUT2D eigenvalue weighted by Crippen LogP contribution is 2.39. The van der Waals surface area contributed by atoms with Gasteiger partial charge in [0.2, 0.25) is 0 Å². The van der Waals surface area contributed by atoms with E-state index in [1.165, 1.54) is 6.42 Å². The van der Waals surface area contributed by atoms with Crippen LogP contribution in [0, 0.1) is 17.8 Å². The van der Waals surface area contributed by atoms with E-state index in [0.29, 0.717) is 36.5 Å². The quantitative estimate of drug-likeness (QED) is 0.565. The third kappa shape index (κ3) is 4.51. The van der Waals surface area contributed by atoms with Gasteiger partial charge in [0, 0.05) is 18.7 Å². The predicted molar refractivity (Wildman–Crippen MR) is 110 cm³/mol. The molecule has 1 saturated heterocycles. The Bertz CT molecular complexity index is 770. The van der Waals surface area contributed by atoms with Crippen molar-refractivity contribution >= 4 is 18.9 Å². The monoisotopic (exact) mass is 399 g/mol. The molecule has 1 saturated carbocycles. The fourth-order valence-corrected chi connectivity index (χ4v) is 5.31. The molecule has 4 atom stereocenters. The van der Waals surface area contributed by atoms with Crippen molar-refractivity contribution in [3.05, 3.63) is 29.3 Å². The van der Waals surface area contributed by atoms with Gasteiger partial charge >= 0.3 is 13.1 Å². The molecule has 0 bridgehead atoms. The van der Waals surface area contributed by atoms with E-state index in [4.69, 9.17) is 9.39 Å². The van der Waals surface area contributed by atoms with Crippen molar-refractivity contribution in [2.75, 3.05) is 19.7 Å². The van der Waals surface area contributed by atoms with Crippen molar-refractivity contribution in [2.45, 2.75) is 51.3 Å². The fourth-order valence-electron chi connectivity index (χ4n) is 5.31. The summed E-state index contributed by atoms with van der Waals surface area (Å²) in [5, 5.41) is 14.0. The molecule has 1 aromatic carbocycles. The minimum absolute atomic E-state index is 0.206. The van der Waals surface area contributed by atoms with E-state index >= 15 is 0 Å². The summed E-state index contributed by atoms with van der Waals surface area (Å²) in [6, 6.07) is 5.32.